The fourth-order valence-corrected chi connectivity index (χ4v) is 3.98. The molecule has 1 aromatic rings. The Bertz CT molecular complexity index is 417. The number of likely N-dealkylation sites (tertiary alicyclic amines) is 1. The van der Waals surface area contributed by atoms with Crippen molar-refractivity contribution in [1.82, 2.24) is 4.90 Å². The number of nitrogens with zero attached hydrogens (tertiary/aromatic N) is 1. The Morgan fingerprint density at radius 3 is 2.94 bits per heavy atom. The monoisotopic (exact) mass is 245 g/mol. The summed E-state index contributed by atoms with van der Waals surface area (Å²) in [5, 5.41) is 0. The molecule has 2 fully saturated rings. The van der Waals surface area contributed by atoms with E-state index >= 15 is 0 Å². The molecule has 3 atom stereocenters. The Kier molecular flexibility index (Phi) is 3.29. The molecule has 0 aromatic heterocycles. The van der Waals surface area contributed by atoms with Crippen LogP contribution in [0.4, 0.5) is 0 Å². The third-order valence-electron chi connectivity index (χ3n) is 4.80. The summed E-state index contributed by atoms with van der Waals surface area (Å²) in [5.74, 6) is 3.51. The van der Waals surface area contributed by atoms with Gasteiger partial charge in [0.2, 0.25) is 0 Å². The van der Waals surface area contributed by atoms with Gasteiger partial charge in [-0.15, -0.1) is 0 Å². The van der Waals surface area contributed by atoms with Crippen molar-refractivity contribution in [2.75, 3.05) is 27.2 Å². The molecule has 3 rings (SSSR count). The molecule has 2 aliphatic rings. The van der Waals surface area contributed by atoms with Crippen molar-refractivity contribution in [3.8, 4) is 5.75 Å². The van der Waals surface area contributed by atoms with Crippen molar-refractivity contribution in [2.24, 2.45) is 11.8 Å². The third-order valence-corrected chi connectivity index (χ3v) is 4.80. The van der Waals surface area contributed by atoms with Crippen molar-refractivity contribution in [1.29, 1.82) is 0 Å². The van der Waals surface area contributed by atoms with Crippen LogP contribution >= 0.6 is 0 Å². The van der Waals surface area contributed by atoms with Crippen LogP contribution in [0.3, 0.4) is 0 Å². The zero-order valence-electron chi connectivity index (χ0n) is 11.4. The molecular weight excluding hydrogens is 222 g/mol. The molecule has 1 aliphatic heterocycles. The Morgan fingerprint density at radius 1 is 1.22 bits per heavy atom. The lowest BCUT2D eigenvalue weighted by Gasteiger charge is -2.33. The largest absolute Gasteiger partial charge is 0.497 e. The molecule has 1 heterocycles. The van der Waals surface area contributed by atoms with Crippen LogP contribution in [0.25, 0.3) is 0 Å². The Morgan fingerprint density at radius 2 is 2.11 bits per heavy atom. The second kappa shape index (κ2) is 4.93. The molecule has 18 heavy (non-hydrogen) atoms. The van der Waals surface area contributed by atoms with Gasteiger partial charge in [0.25, 0.3) is 0 Å². The summed E-state index contributed by atoms with van der Waals surface area (Å²) in [6.07, 6.45) is 4.16. The average molecular weight is 245 g/mol. The number of hydrogen-bond acceptors (Lipinski definition) is 2. The normalized spacial score (nSPS) is 32.2. The zero-order valence-corrected chi connectivity index (χ0v) is 11.4. The van der Waals surface area contributed by atoms with Gasteiger partial charge in [-0.1, -0.05) is 18.6 Å². The van der Waals surface area contributed by atoms with Crippen LogP contribution in [0.5, 0.6) is 5.75 Å². The van der Waals surface area contributed by atoms with E-state index in [-0.39, 0.29) is 0 Å². The molecule has 2 heteroatoms. The van der Waals surface area contributed by atoms with E-state index in [1.54, 1.807) is 7.11 Å². The second-order valence-corrected chi connectivity index (χ2v) is 5.96. The fourth-order valence-electron chi connectivity index (χ4n) is 3.98. The van der Waals surface area contributed by atoms with Crippen LogP contribution < -0.4 is 4.74 Å². The molecule has 0 amide bonds. The van der Waals surface area contributed by atoms with Crippen LogP contribution in [-0.4, -0.2) is 32.1 Å². The molecule has 0 N–H and O–H groups in total. The van der Waals surface area contributed by atoms with Gasteiger partial charge < -0.3 is 9.64 Å². The highest BCUT2D eigenvalue weighted by Crippen LogP contribution is 2.45. The minimum absolute atomic E-state index is 0.740. The molecule has 0 radical (unpaired) electrons. The molecule has 1 aromatic carbocycles. The number of benzene rings is 1. The lowest BCUT2D eigenvalue weighted by molar-refractivity contribution is 0.257. The lowest BCUT2D eigenvalue weighted by Crippen LogP contribution is -2.25. The highest BCUT2D eigenvalue weighted by atomic mass is 16.5. The van der Waals surface area contributed by atoms with E-state index in [1.807, 2.05) is 6.07 Å². The number of methoxy groups -OCH3 is 1. The molecule has 0 bridgehead atoms. The van der Waals surface area contributed by atoms with Crippen LogP contribution in [0, 0.1) is 11.8 Å². The van der Waals surface area contributed by atoms with Gasteiger partial charge in [0.1, 0.15) is 5.75 Å². The van der Waals surface area contributed by atoms with Crippen LogP contribution in [0.1, 0.15) is 30.7 Å². The average Bonchev–Trinajstić information content (AvgIpc) is 2.78. The van der Waals surface area contributed by atoms with Gasteiger partial charge in [-0.05, 0) is 55.3 Å². The van der Waals surface area contributed by atoms with Crippen LogP contribution in [0.15, 0.2) is 24.3 Å². The van der Waals surface area contributed by atoms with Crippen molar-refractivity contribution in [3.05, 3.63) is 29.8 Å². The van der Waals surface area contributed by atoms with Crippen molar-refractivity contribution < 1.29 is 4.74 Å². The molecule has 2 nitrogen and oxygen atoms in total. The maximum Gasteiger partial charge on any atom is 0.119 e. The van der Waals surface area contributed by atoms with E-state index in [0.29, 0.717) is 0 Å². The first-order valence-corrected chi connectivity index (χ1v) is 7.10. The van der Waals surface area contributed by atoms with E-state index in [4.69, 9.17) is 4.74 Å². The van der Waals surface area contributed by atoms with Crippen LogP contribution in [0.2, 0.25) is 0 Å². The van der Waals surface area contributed by atoms with Crippen molar-refractivity contribution in [3.63, 3.8) is 0 Å². The Labute approximate surface area is 110 Å². The highest BCUT2D eigenvalue weighted by molar-refractivity contribution is 5.32. The van der Waals surface area contributed by atoms with Gasteiger partial charge in [0, 0.05) is 13.1 Å². The Balaban J connectivity index is 1.85. The van der Waals surface area contributed by atoms with Gasteiger partial charge in [-0.2, -0.15) is 0 Å². The summed E-state index contributed by atoms with van der Waals surface area (Å²) in [6.45, 7) is 2.57. The van der Waals surface area contributed by atoms with Gasteiger partial charge in [0.15, 0.2) is 0 Å². The van der Waals surface area contributed by atoms with E-state index in [9.17, 15) is 0 Å². The summed E-state index contributed by atoms with van der Waals surface area (Å²) in [6, 6.07) is 8.71. The molecule has 1 aliphatic carbocycles. The fraction of sp³-hybridized carbons (Fsp3) is 0.625. The second-order valence-electron chi connectivity index (χ2n) is 5.96. The minimum Gasteiger partial charge on any atom is -0.497 e. The van der Waals surface area contributed by atoms with E-state index < -0.39 is 0 Å². The van der Waals surface area contributed by atoms with Gasteiger partial charge in [-0.25, -0.2) is 0 Å². The Hall–Kier alpha value is -1.02. The predicted octanol–water partition coefficient (Wildman–Crippen LogP) is 3.14. The molecular formula is C16H23NO. The number of hydrogen-bond donors (Lipinski definition) is 0. The lowest BCUT2D eigenvalue weighted by atomic mass is 9.71. The molecule has 0 spiro atoms. The number of fused-ring (bicyclic) bond motifs is 1. The predicted molar refractivity (Wildman–Crippen MR) is 74.1 cm³/mol. The van der Waals surface area contributed by atoms with Gasteiger partial charge in [0.05, 0.1) is 7.11 Å². The maximum absolute atomic E-state index is 5.37. The zero-order chi connectivity index (χ0) is 12.5. The van der Waals surface area contributed by atoms with E-state index in [2.05, 4.69) is 30.1 Å². The quantitative estimate of drug-likeness (QED) is 0.793. The first-order valence-electron chi connectivity index (χ1n) is 7.10. The molecule has 1 saturated heterocycles. The minimum atomic E-state index is 0.740. The molecule has 98 valence electrons. The van der Waals surface area contributed by atoms with Crippen molar-refractivity contribution in [2.45, 2.75) is 25.2 Å². The summed E-state index contributed by atoms with van der Waals surface area (Å²) >= 11 is 0. The maximum atomic E-state index is 5.37. The smallest absolute Gasteiger partial charge is 0.119 e. The summed E-state index contributed by atoms with van der Waals surface area (Å²) in [4.78, 5) is 2.51. The first-order chi connectivity index (χ1) is 8.78. The topological polar surface area (TPSA) is 12.5 Å². The van der Waals surface area contributed by atoms with Gasteiger partial charge >= 0.3 is 0 Å². The van der Waals surface area contributed by atoms with Crippen LogP contribution in [-0.2, 0) is 0 Å². The number of ether oxygens (including phenoxy) is 1. The summed E-state index contributed by atoms with van der Waals surface area (Å²) in [5.41, 5.74) is 1.49. The van der Waals surface area contributed by atoms with E-state index in [1.165, 1.54) is 37.9 Å². The van der Waals surface area contributed by atoms with Crippen molar-refractivity contribution >= 4 is 0 Å². The highest BCUT2D eigenvalue weighted by Gasteiger charge is 2.39. The third kappa shape index (κ3) is 2.14. The molecule has 1 saturated carbocycles. The first kappa shape index (κ1) is 12.0. The SMILES string of the molecule is COc1cccc([C@H]2CCC[C@H]3CN(C)C[C@@H]32)c1. The number of rotatable bonds is 2. The summed E-state index contributed by atoms with van der Waals surface area (Å²) in [7, 11) is 4.02. The van der Waals surface area contributed by atoms with Gasteiger partial charge in [-0.3, -0.25) is 0 Å². The molecule has 0 unspecified atom stereocenters. The summed E-state index contributed by atoms with van der Waals surface area (Å²) < 4.78 is 5.37. The van der Waals surface area contributed by atoms with E-state index in [0.717, 1.165) is 23.5 Å². The standard InChI is InChI=1S/C16H23NO/c1-17-10-13-6-4-8-15(16(13)11-17)12-5-3-7-14(9-12)18-2/h3,5,7,9,13,15-16H,4,6,8,10-11H2,1-2H3/t13-,15+,16-/m0/s1.